The summed E-state index contributed by atoms with van der Waals surface area (Å²) in [6, 6.07) is 17.7. The maximum atomic E-state index is 12.9. The zero-order valence-corrected chi connectivity index (χ0v) is 19.8. The van der Waals surface area contributed by atoms with Crippen LogP contribution in [0, 0.1) is 26.2 Å². The zero-order chi connectivity index (χ0) is 23.3. The number of benzene rings is 2. The van der Waals surface area contributed by atoms with Crippen molar-refractivity contribution in [3.05, 3.63) is 93.3 Å². The molecule has 1 amide bonds. The zero-order valence-electron chi connectivity index (χ0n) is 18.3. The SMILES string of the molecule is Cc1ccc(-n2c(C)cc(/C=C3/C(=N)N4N=C(c5ccccc5Cl)SC4=NC3=O)c2C)cc1. The van der Waals surface area contributed by atoms with Crippen LogP contribution in [0.2, 0.25) is 5.02 Å². The Morgan fingerprint density at radius 3 is 2.52 bits per heavy atom. The molecule has 0 atom stereocenters. The van der Waals surface area contributed by atoms with E-state index >= 15 is 0 Å². The van der Waals surface area contributed by atoms with Gasteiger partial charge in [0, 0.05) is 22.6 Å². The van der Waals surface area contributed by atoms with E-state index in [4.69, 9.17) is 17.0 Å². The predicted molar refractivity (Wildman–Crippen MR) is 136 cm³/mol. The van der Waals surface area contributed by atoms with E-state index in [1.165, 1.54) is 22.3 Å². The highest BCUT2D eigenvalue weighted by Gasteiger charge is 2.36. The number of hydrazone groups is 1. The first kappa shape index (κ1) is 21.4. The molecule has 5 rings (SSSR count). The first-order valence-corrected chi connectivity index (χ1v) is 11.5. The number of halogens is 1. The first-order valence-electron chi connectivity index (χ1n) is 10.3. The molecule has 0 fully saturated rings. The van der Waals surface area contributed by atoms with Crippen molar-refractivity contribution in [2.24, 2.45) is 10.1 Å². The summed E-state index contributed by atoms with van der Waals surface area (Å²) in [5, 5.41) is 16.1. The van der Waals surface area contributed by atoms with Crippen LogP contribution >= 0.6 is 23.4 Å². The van der Waals surface area contributed by atoms with Crippen LogP contribution in [0.15, 0.2) is 70.3 Å². The monoisotopic (exact) mass is 473 g/mol. The molecule has 33 heavy (non-hydrogen) atoms. The summed E-state index contributed by atoms with van der Waals surface area (Å²) in [5.74, 6) is -0.450. The third-order valence-electron chi connectivity index (χ3n) is 5.62. The number of thioether (sulfide) groups is 1. The second kappa shape index (κ2) is 8.17. The lowest BCUT2D eigenvalue weighted by atomic mass is 10.1. The molecule has 0 spiro atoms. The fourth-order valence-electron chi connectivity index (χ4n) is 3.92. The average molecular weight is 474 g/mol. The van der Waals surface area contributed by atoms with Gasteiger partial charge in [0.05, 0.1) is 10.6 Å². The third-order valence-corrected chi connectivity index (χ3v) is 6.89. The van der Waals surface area contributed by atoms with Crippen LogP contribution in [-0.4, -0.2) is 31.5 Å². The second-order valence-electron chi connectivity index (χ2n) is 7.90. The molecular weight excluding hydrogens is 454 g/mol. The molecule has 0 bridgehead atoms. The van der Waals surface area contributed by atoms with E-state index in [2.05, 4.69) is 45.9 Å². The lowest BCUT2D eigenvalue weighted by Crippen LogP contribution is -2.35. The quantitative estimate of drug-likeness (QED) is 0.494. The molecule has 3 aromatic rings. The third kappa shape index (κ3) is 3.73. The number of amidine groups is 2. The van der Waals surface area contributed by atoms with Crippen molar-refractivity contribution in [2.45, 2.75) is 20.8 Å². The van der Waals surface area contributed by atoms with E-state index < -0.39 is 5.91 Å². The van der Waals surface area contributed by atoms with Crippen molar-refractivity contribution in [1.82, 2.24) is 9.58 Å². The number of hydrogen-bond donors (Lipinski definition) is 1. The lowest BCUT2D eigenvalue weighted by molar-refractivity contribution is -0.114. The van der Waals surface area contributed by atoms with Gasteiger partial charge in [-0.2, -0.15) is 15.1 Å². The molecule has 8 heteroatoms. The number of hydrogen-bond acceptors (Lipinski definition) is 4. The minimum atomic E-state index is -0.450. The molecule has 0 saturated heterocycles. The molecule has 3 heterocycles. The lowest BCUT2D eigenvalue weighted by Gasteiger charge is -2.20. The highest BCUT2D eigenvalue weighted by molar-refractivity contribution is 8.27. The van der Waals surface area contributed by atoms with Crippen LogP contribution in [0.3, 0.4) is 0 Å². The number of aliphatic imine (C=N–C) groups is 1. The van der Waals surface area contributed by atoms with Crippen molar-refractivity contribution < 1.29 is 4.79 Å². The van der Waals surface area contributed by atoms with Gasteiger partial charge in [-0.25, -0.2) is 0 Å². The van der Waals surface area contributed by atoms with Crippen LogP contribution in [-0.2, 0) is 4.79 Å². The molecule has 0 aliphatic carbocycles. The van der Waals surface area contributed by atoms with Crippen molar-refractivity contribution in [1.29, 1.82) is 5.41 Å². The molecule has 0 unspecified atom stereocenters. The van der Waals surface area contributed by atoms with E-state index in [-0.39, 0.29) is 11.4 Å². The molecule has 2 aliphatic rings. The number of amides is 1. The fraction of sp³-hybridized carbons (Fsp3) is 0.120. The number of fused-ring (bicyclic) bond motifs is 1. The smallest absolute Gasteiger partial charge is 0.283 e. The molecule has 0 saturated carbocycles. The van der Waals surface area contributed by atoms with Crippen LogP contribution in [0.1, 0.15) is 28.1 Å². The van der Waals surface area contributed by atoms with Crippen LogP contribution in [0.5, 0.6) is 0 Å². The Bertz CT molecular complexity index is 1420. The molecule has 2 aromatic carbocycles. The molecule has 1 N–H and O–H groups in total. The number of carbonyl (C=O) groups excluding carboxylic acids is 1. The van der Waals surface area contributed by atoms with Crippen LogP contribution < -0.4 is 0 Å². The van der Waals surface area contributed by atoms with E-state index in [0.717, 1.165) is 28.2 Å². The number of rotatable bonds is 3. The summed E-state index contributed by atoms with van der Waals surface area (Å²) < 4.78 is 2.14. The van der Waals surface area contributed by atoms with Gasteiger partial charge in [-0.15, -0.1) is 0 Å². The predicted octanol–water partition coefficient (Wildman–Crippen LogP) is 5.72. The Balaban J connectivity index is 1.52. The number of aromatic nitrogens is 1. The fourth-order valence-corrected chi connectivity index (χ4v) is 5.13. The van der Waals surface area contributed by atoms with Gasteiger partial charge in [-0.1, -0.05) is 47.5 Å². The summed E-state index contributed by atoms with van der Waals surface area (Å²) in [6.07, 6.45) is 1.73. The molecule has 6 nitrogen and oxygen atoms in total. The molecule has 164 valence electrons. The topological polar surface area (TPSA) is 73.8 Å². The number of aryl methyl sites for hydroxylation is 2. The number of nitrogens with zero attached hydrogens (tertiary/aromatic N) is 4. The molecular formula is C25H20ClN5OS. The van der Waals surface area contributed by atoms with E-state index in [1.807, 2.05) is 38.1 Å². The Hall–Kier alpha value is -3.42. The van der Waals surface area contributed by atoms with E-state index in [0.29, 0.717) is 15.2 Å². The van der Waals surface area contributed by atoms with Gasteiger partial charge >= 0.3 is 0 Å². The summed E-state index contributed by atoms with van der Waals surface area (Å²) in [7, 11) is 0. The summed E-state index contributed by atoms with van der Waals surface area (Å²) in [5.41, 5.74) is 6.07. The normalized spacial score (nSPS) is 16.8. The standard InChI is InChI=1S/C25H20ClN5OS/c1-14-8-10-18(11-9-14)30-15(2)12-17(16(30)3)13-20-22(27)31-25(28-23(20)32)33-24(29-31)19-6-4-5-7-21(19)26/h4-13,27H,1-3H3/b20-13-,27-22?. The van der Waals surface area contributed by atoms with Gasteiger partial charge in [0.15, 0.2) is 5.84 Å². The highest BCUT2D eigenvalue weighted by Crippen LogP contribution is 2.33. The van der Waals surface area contributed by atoms with E-state index in [9.17, 15) is 4.79 Å². The maximum absolute atomic E-state index is 12.9. The average Bonchev–Trinajstić information content (AvgIpc) is 3.33. The number of nitrogens with one attached hydrogen (secondary N) is 1. The van der Waals surface area contributed by atoms with Crippen molar-refractivity contribution in [3.8, 4) is 5.69 Å². The minimum Gasteiger partial charge on any atom is -0.318 e. The van der Waals surface area contributed by atoms with Crippen LogP contribution in [0.25, 0.3) is 11.8 Å². The van der Waals surface area contributed by atoms with Gasteiger partial charge in [0.2, 0.25) is 5.17 Å². The van der Waals surface area contributed by atoms with E-state index in [1.54, 1.807) is 12.1 Å². The summed E-state index contributed by atoms with van der Waals surface area (Å²) in [4.78, 5) is 17.0. The van der Waals surface area contributed by atoms with Gasteiger partial charge in [-0.3, -0.25) is 10.2 Å². The molecule has 1 aromatic heterocycles. The van der Waals surface area contributed by atoms with Crippen molar-refractivity contribution in [3.63, 3.8) is 0 Å². The van der Waals surface area contributed by atoms with Crippen molar-refractivity contribution in [2.75, 3.05) is 0 Å². The molecule has 2 aliphatic heterocycles. The van der Waals surface area contributed by atoms with Gasteiger partial charge < -0.3 is 4.57 Å². The summed E-state index contributed by atoms with van der Waals surface area (Å²) >= 11 is 7.54. The Morgan fingerprint density at radius 1 is 1.06 bits per heavy atom. The largest absolute Gasteiger partial charge is 0.318 e. The minimum absolute atomic E-state index is 0.000285. The van der Waals surface area contributed by atoms with Gasteiger partial charge in [0.1, 0.15) is 5.04 Å². The number of carbonyl (C=O) groups is 1. The van der Waals surface area contributed by atoms with Crippen LogP contribution in [0.4, 0.5) is 0 Å². The summed E-state index contributed by atoms with van der Waals surface area (Å²) in [6.45, 7) is 6.08. The highest BCUT2D eigenvalue weighted by atomic mass is 35.5. The van der Waals surface area contributed by atoms with Gasteiger partial charge in [0.25, 0.3) is 5.91 Å². The Morgan fingerprint density at radius 2 is 1.79 bits per heavy atom. The first-order chi connectivity index (χ1) is 15.8. The second-order valence-corrected chi connectivity index (χ2v) is 9.27. The Kier molecular flexibility index (Phi) is 5.31. The van der Waals surface area contributed by atoms with Crippen molar-refractivity contribution >= 4 is 51.4 Å². The van der Waals surface area contributed by atoms with Gasteiger partial charge in [-0.05, 0) is 68.4 Å². The Labute approximate surface area is 200 Å². The molecule has 0 radical (unpaired) electrons. The maximum Gasteiger partial charge on any atom is 0.283 e.